The standard InChI is InChI=1S/C7H15NO/c1-6(2)5-8-9-7(3)4/h6,8H,3,5H2,1-2,4H3. The molecule has 0 bridgehead atoms. The number of hydrogen-bond donors (Lipinski definition) is 1. The van der Waals surface area contributed by atoms with Gasteiger partial charge in [0, 0.05) is 6.54 Å². The molecule has 0 aliphatic heterocycles. The summed E-state index contributed by atoms with van der Waals surface area (Å²) in [5.74, 6) is 1.32. The number of nitrogens with one attached hydrogen (secondary N) is 1. The molecule has 0 unspecified atom stereocenters. The van der Waals surface area contributed by atoms with Gasteiger partial charge in [-0.15, -0.1) is 0 Å². The van der Waals surface area contributed by atoms with E-state index in [0.29, 0.717) is 11.7 Å². The summed E-state index contributed by atoms with van der Waals surface area (Å²) < 4.78 is 0. The van der Waals surface area contributed by atoms with Crippen molar-refractivity contribution in [1.82, 2.24) is 5.48 Å². The lowest BCUT2D eigenvalue weighted by molar-refractivity contribution is 0.0991. The van der Waals surface area contributed by atoms with Crippen LogP contribution in [0.5, 0.6) is 0 Å². The number of allylic oxidation sites excluding steroid dienone is 1. The van der Waals surface area contributed by atoms with Crippen LogP contribution in [0.4, 0.5) is 0 Å². The molecule has 0 saturated carbocycles. The zero-order chi connectivity index (χ0) is 7.28. The lowest BCUT2D eigenvalue weighted by Crippen LogP contribution is -2.18. The van der Waals surface area contributed by atoms with Gasteiger partial charge >= 0.3 is 0 Å². The van der Waals surface area contributed by atoms with Crippen molar-refractivity contribution in [2.75, 3.05) is 6.54 Å². The Hall–Kier alpha value is -0.500. The molecule has 2 heteroatoms. The fraction of sp³-hybridized carbons (Fsp3) is 0.714. The van der Waals surface area contributed by atoms with Gasteiger partial charge in [-0.2, -0.15) is 5.48 Å². The lowest BCUT2D eigenvalue weighted by atomic mass is 10.2. The minimum atomic E-state index is 0.615. The van der Waals surface area contributed by atoms with Crippen LogP contribution in [-0.4, -0.2) is 6.54 Å². The highest BCUT2D eigenvalue weighted by Gasteiger charge is 1.90. The molecule has 0 atom stereocenters. The maximum atomic E-state index is 4.91. The van der Waals surface area contributed by atoms with Crippen LogP contribution in [-0.2, 0) is 4.84 Å². The monoisotopic (exact) mass is 129 g/mol. The number of hydroxylamine groups is 1. The second-order valence-corrected chi connectivity index (χ2v) is 2.55. The highest BCUT2D eigenvalue weighted by atomic mass is 16.6. The Bertz CT molecular complexity index is 88.9. The average molecular weight is 129 g/mol. The van der Waals surface area contributed by atoms with Gasteiger partial charge in [-0.25, -0.2) is 0 Å². The minimum Gasteiger partial charge on any atom is -0.414 e. The topological polar surface area (TPSA) is 21.3 Å². The zero-order valence-electron chi connectivity index (χ0n) is 6.40. The van der Waals surface area contributed by atoms with E-state index < -0.39 is 0 Å². The van der Waals surface area contributed by atoms with Gasteiger partial charge in [0.15, 0.2) is 0 Å². The molecule has 0 aliphatic carbocycles. The summed E-state index contributed by atoms with van der Waals surface area (Å²) in [5, 5.41) is 0. The zero-order valence-corrected chi connectivity index (χ0v) is 6.40. The Balaban J connectivity index is 3.01. The smallest absolute Gasteiger partial charge is 0.114 e. The van der Waals surface area contributed by atoms with Gasteiger partial charge in [0.05, 0.1) is 0 Å². The van der Waals surface area contributed by atoms with E-state index in [2.05, 4.69) is 25.9 Å². The van der Waals surface area contributed by atoms with Crippen molar-refractivity contribution in [3.05, 3.63) is 12.3 Å². The first kappa shape index (κ1) is 8.50. The second kappa shape index (κ2) is 4.39. The maximum absolute atomic E-state index is 4.91. The Morgan fingerprint density at radius 2 is 2.22 bits per heavy atom. The number of rotatable bonds is 4. The summed E-state index contributed by atoms with van der Waals surface area (Å²) in [5.41, 5.74) is 2.78. The molecule has 54 valence electrons. The average Bonchev–Trinajstić information content (AvgIpc) is 1.63. The molecule has 0 spiro atoms. The van der Waals surface area contributed by atoms with E-state index in [0.717, 1.165) is 6.54 Å². The molecule has 0 aliphatic rings. The van der Waals surface area contributed by atoms with E-state index in [4.69, 9.17) is 4.84 Å². The molecule has 0 amide bonds. The first-order chi connectivity index (χ1) is 4.13. The molecule has 0 fully saturated rings. The fourth-order valence-corrected chi connectivity index (χ4v) is 0.332. The van der Waals surface area contributed by atoms with Gasteiger partial charge in [-0.1, -0.05) is 20.4 Å². The van der Waals surface area contributed by atoms with Crippen molar-refractivity contribution in [3.8, 4) is 0 Å². The van der Waals surface area contributed by atoms with Gasteiger partial charge in [-0.05, 0) is 12.8 Å². The molecule has 9 heavy (non-hydrogen) atoms. The van der Waals surface area contributed by atoms with Gasteiger partial charge < -0.3 is 4.84 Å². The third kappa shape index (κ3) is 7.50. The molecule has 0 rings (SSSR count). The molecule has 0 heterocycles. The molecule has 2 nitrogen and oxygen atoms in total. The molecule has 0 aromatic rings. The fourth-order valence-electron chi connectivity index (χ4n) is 0.332. The summed E-state index contributed by atoms with van der Waals surface area (Å²) in [6.45, 7) is 10.5. The van der Waals surface area contributed by atoms with E-state index in [-0.39, 0.29) is 0 Å². The highest BCUT2D eigenvalue weighted by Crippen LogP contribution is 1.89. The van der Waals surface area contributed by atoms with E-state index >= 15 is 0 Å². The van der Waals surface area contributed by atoms with Crippen LogP contribution in [0.3, 0.4) is 0 Å². The predicted molar refractivity (Wildman–Crippen MR) is 38.7 cm³/mol. The first-order valence-electron chi connectivity index (χ1n) is 3.18. The van der Waals surface area contributed by atoms with Crippen LogP contribution in [0.1, 0.15) is 20.8 Å². The van der Waals surface area contributed by atoms with Crippen LogP contribution < -0.4 is 5.48 Å². The van der Waals surface area contributed by atoms with Crippen molar-refractivity contribution in [2.45, 2.75) is 20.8 Å². The van der Waals surface area contributed by atoms with Crippen LogP contribution in [0, 0.1) is 5.92 Å². The van der Waals surface area contributed by atoms with E-state index in [1.165, 1.54) is 0 Å². The van der Waals surface area contributed by atoms with Crippen molar-refractivity contribution < 1.29 is 4.84 Å². The molecule has 0 aromatic carbocycles. The van der Waals surface area contributed by atoms with Crippen LogP contribution in [0.25, 0.3) is 0 Å². The summed E-state index contributed by atoms with van der Waals surface area (Å²) in [4.78, 5) is 4.91. The Kier molecular flexibility index (Phi) is 4.14. The van der Waals surface area contributed by atoms with Crippen molar-refractivity contribution >= 4 is 0 Å². The van der Waals surface area contributed by atoms with Crippen molar-refractivity contribution in [2.24, 2.45) is 5.92 Å². The third-order valence-electron chi connectivity index (χ3n) is 0.738. The molecule has 0 radical (unpaired) electrons. The van der Waals surface area contributed by atoms with Gasteiger partial charge in [0.25, 0.3) is 0 Å². The second-order valence-electron chi connectivity index (χ2n) is 2.55. The minimum absolute atomic E-state index is 0.615. The Morgan fingerprint density at radius 1 is 1.67 bits per heavy atom. The molecular weight excluding hydrogens is 114 g/mol. The SMILES string of the molecule is C=C(C)ONCC(C)C. The van der Waals surface area contributed by atoms with Gasteiger partial charge in [0.1, 0.15) is 5.76 Å². The third-order valence-corrected chi connectivity index (χ3v) is 0.738. The van der Waals surface area contributed by atoms with Crippen LogP contribution in [0.15, 0.2) is 12.3 Å². The largest absolute Gasteiger partial charge is 0.414 e. The van der Waals surface area contributed by atoms with Gasteiger partial charge in [-0.3, -0.25) is 0 Å². The molecule has 0 saturated heterocycles. The van der Waals surface area contributed by atoms with Crippen LogP contribution in [0.2, 0.25) is 0 Å². The summed E-state index contributed by atoms with van der Waals surface area (Å²) in [7, 11) is 0. The van der Waals surface area contributed by atoms with Crippen molar-refractivity contribution in [3.63, 3.8) is 0 Å². The Morgan fingerprint density at radius 3 is 2.56 bits per heavy atom. The quantitative estimate of drug-likeness (QED) is 0.460. The van der Waals surface area contributed by atoms with E-state index in [1.807, 2.05) is 6.92 Å². The first-order valence-corrected chi connectivity index (χ1v) is 3.18. The van der Waals surface area contributed by atoms with Crippen molar-refractivity contribution in [1.29, 1.82) is 0 Å². The van der Waals surface area contributed by atoms with E-state index in [9.17, 15) is 0 Å². The summed E-state index contributed by atoms with van der Waals surface area (Å²) in [6, 6.07) is 0. The Labute approximate surface area is 56.9 Å². The number of hydrogen-bond acceptors (Lipinski definition) is 2. The molecular formula is C7H15NO. The lowest BCUT2D eigenvalue weighted by Gasteiger charge is -2.07. The maximum Gasteiger partial charge on any atom is 0.114 e. The summed E-state index contributed by atoms with van der Waals surface area (Å²) >= 11 is 0. The molecule has 1 N–H and O–H groups in total. The van der Waals surface area contributed by atoms with E-state index in [1.54, 1.807) is 0 Å². The molecule has 0 aromatic heterocycles. The highest BCUT2D eigenvalue weighted by molar-refractivity contribution is 4.71. The van der Waals surface area contributed by atoms with Gasteiger partial charge in [0.2, 0.25) is 0 Å². The predicted octanol–water partition coefficient (Wildman–Crippen LogP) is 1.70. The van der Waals surface area contributed by atoms with Crippen LogP contribution >= 0.6 is 0 Å². The summed E-state index contributed by atoms with van der Waals surface area (Å²) in [6.07, 6.45) is 0. The normalized spacial score (nSPS) is 9.78.